The topological polar surface area (TPSA) is 88.1 Å². The van der Waals surface area contributed by atoms with Crippen LogP contribution < -0.4 is 14.8 Å². The first-order valence-corrected chi connectivity index (χ1v) is 9.16. The minimum Gasteiger partial charge on any atom is -0.493 e. The third kappa shape index (κ3) is 4.94. The minimum atomic E-state index is -0.855. The van der Waals surface area contributed by atoms with Gasteiger partial charge in [0.25, 0.3) is 0 Å². The molecule has 0 radical (unpaired) electrons. The molecule has 2 N–H and O–H groups in total. The number of ether oxygens (including phenoxy) is 2. The van der Waals surface area contributed by atoms with E-state index in [1.165, 1.54) is 4.90 Å². The van der Waals surface area contributed by atoms with Gasteiger partial charge in [0.2, 0.25) is 0 Å². The molecule has 2 amide bonds. The fraction of sp³-hybridized carbons (Fsp3) is 0.333. The second-order valence-corrected chi connectivity index (χ2v) is 6.69. The first-order chi connectivity index (χ1) is 13.6. The van der Waals surface area contributed by atoms with Crippen LogP contribution in [-0.2, 0) is 17.9 Å². The molecule has 7 heteroatoms. The number of nitrogens with one attached hydrogen (secondary N) is 1. The Morgan fingerprint density at radius 1 is 1.14 bits per heavy atom. The highest BCUT2D eigenvalue weighted by Crippen LogP contribution is 2.29. The lowest BCUT2D eigenvalue weighted by Gasteiger charge is -2.17. The first kappa shape index (κ1) is 19.5. The highest BCUT2D eigenvalue weighted by molar-refractivity contribution is 5.77. The molecule has 1 aliphatic heterocycles. The Morgan fingerprint density at radius 2 is 1.93 bits per heavy atom. The maximum Gasteiger partial charge on any atom is 0.317 e. The van der Waals surface area contributed by atoms with E-state index in [9.17, 15) is 9.59 Å². The first-order valence-electron chi connectivity index (χ1n) is 9.16. The summed E-state index contributed by atoms with van der Waals surface area (Å²) in [4.78, 5) is 24.8. The summed E-state index contributed by atoms with van der Waals surface area (Å²) in [6, 6.07) is 15.1. The summed E-state index contributed by atoms with van der Waals surface area (Å²) in [5, 5.41) is 11.9. The van der Waals surface area contributed by atoms with Crippen LogP contribution in [0.2, 0.25) is 0 Å². The number of hydrogen-bond donors (Lipinski definition) is 2. The number of carbonyl (C=O) groups excluding carboxylic acids is 1. The summed E-state index contributed by atoms with van der Waals surface area (Å²) >= 11 is 0. The number of aliphatic carboxylic acids is 1. The molecular formula is C21H24N2O5. The van der Waals surface area contributed by atoms with Gasteiger partial charge >= 0.3 is 12.0 Å². The Morgan fingerprint density at radius 3 is 2.61 bits per heavy atom. The van der Waals surface area contributed by atoms with Crippen LogP contribution in [0.1, 0.15) is 17.5 Å². The summed E-state index contributed by atoms with van der Waals surface area (Å²) < 4.78 is 11.2. The van der Waals surface area contributed by atoms with E-state index in [0.29, 0.717) is 37.6 Å². The van der Waals surface area contributed by atoms with Gasteiger partial charge in [-0.15, -0.1) is 0 Å². The van der Waals surface area contributed by atoms with Crippen molar-refractivity contribution in [3.8, 4) is 11.5 Å². The Kier molecular flexibility index (Phi) is 6.37. The number of carboxylic acid groups (broad SMARTS) is 1. The van der Waals surface area contributed by atoms with E-state index in [-0.39, 0.29) is 12.6 Å². The third-order valence-electron chi connectivity index (χ3n) is 4.73. The molecule has 0 bridgehead atoms. The largest absolute Gasteiger partial charge is 0.493 e. The molecule has 148 valence electrons. The predicted octanol–water partition coefficient (Wildman–Crippen LogP) is 2.89. The van der Waals surface area contributed by atoms with E-state index in [1.807, 2.05) is 48.5 Å². The Balaban J connectivity index is 1.55. The molecule has 0 spiro atoms. The molecule has 7 nitrogen and oxygen atoms in total. The zero-order valence-electron chi connectivity index (χ0n) is 15.8. The van der Waals surface area contributed by atoms with Crippen molar-refractivity contribution in [2.24, 2.45) is 5.92 Å². The summed E-state index contributed by atoms with van der Waals surface area (Å²) in [5.74, 6) is -0.113. The average molecular weight is 384 g/mol. The molecule has 1 aliphatic rings. The molecule has 0 aromatic heterocycles. The number of benzene rings is 2. The van der Waals surface area contributed by atoms with Crippen LogP contribution in [0.15, 0.2) is 48.5 Å². The van der Waals surface area contributed by atoms with Gasteiger partial charge in [0, 0.05) is 19.6 Å². The number of hydrogen-bond acceptors (Lipinski definition) is 4. The van der Waals surface area contributed by atoms with Gasteiger partial charge in [-0.2, -0.15) is 0 Å². The molecule has 1 fully saturated rings. The van der Waals surface area contributed by atoms with Crippen LogP contribution in [0.25, 0.3) is 0 Å². The predicted molar refractivity (Wildman–Crippen MR) is 103 cm³/mol. The number of amides is 2. The van der Waals surface area contributed by atoms with Gasteiger partial charge in [0.15, 0.2) is 11.5 Å². The van der Waals surface area contributed by atoms with Gasteiger partial charge < -0.3 is 24.8 Å². The van der Waals surface area contributed by atoms with Crippen molar-refractivity contribution < 1.29 is 24.2 Å². The van der Waals surface area contributed by atoms with Crippen LogP contribution in [0.5, 0.6) is 11.5 Å². The highest BCUT2D eigenvalue weighted by Gasteiger charge is 2.30. The highest BCUT2D eigenvalue weighted by atomic mass is 16.5. The Hall–Kier alpha value is -3.22. The van der Waals surface area contributed by atoms with E-state index in [1.54, 1.807) is 7.11 Å². The molecule has 0 saturated carbocycles. The lowest BCUT2D eigenvalue weighted by molar-refractivity contribution is -0.141. The molecule has 1 heterocycles. The van der Waals surface area contributed by atoms with Crippen LogP contribution in [0, 0.1) is 5.92 Å². The number of nitrogens with zero attached hydrogens (tertiary/aromatic N) is 1. The minimum absolute atomic E-state index is 0.247. The molecule has 0 aliphatic carbocycles. The number of methoxy groups -OCH3 is 1. The normalized spacial score (nSPS) is 15.9. The van der Waals surface area contributed by atoms with Crippen molar-refractivity contribution in [1.82, 2.24) is 10.2 Å². The van der Waals surface area contributed by atoms with E-state index < -0.39 is 11.9 Å². The van der Waals surface area contributed by atoms with Crippen LogP contribution in [0.4, 0.5) is 4.79 Å². The van der Waals surface area contributed by atoms with Crippen LogP contribution >= 0.6 is 0 Å². The molecule has 3 rings (SSSR count). The average Bonchev–Trinajstić information content (AvgIpc) is 3.22. The van der Waals surface area contributed by atoms with E-state index in [2.05, 4.69) is 5.32 Å². The van der Waals surface area contributed by atoms with Gasteiger partial charge in [0.05, 0.1) is 13.0 Å². The molecular weight excluding hydrogens is 360 g/mol. The van der Waals surface area contributed by atoms with Gasteiger partial charge in [0.1, 0.15) is 6.61 Å². The molecule has 28 heavy (non-hydrogen) atoms. The van der Waals surface area contributed by atoms with E-state index in [0.717, 1.165) is 11.1 Å². The second kappa shape index (κ2) is 9.12. The van der Waals surface area contributed by atoms with Crippen molar-refractivity contribution in [3.63, 3.8) is 0 Å². The molecule has 1 unspecified atom stereocenters. The Bertz CT molecular complexity index is 825. The standard InChI is InChI=1S/C21H24N2O5/c1-27-19-11-16(7-8-18(19)28-14-15-5-3-2-4-6-15)12-22-21(26)23-10-9-17(13-23)20(24)25/h2-8,11,17H,9-10,12-14H2,1H3,(H,22,26)(H,24,25). The lowest BCUT2D eigenvalue weighted by atomic mass is 10.1. The van der Waals surface area contributed by atoms with Crippen molar-refractivity contribution in [2.75, 3.05) is 20.2 Å². The van der Waals surface area contributed by atoms with Crippen molar-refractivity contribution >= 4 is 12.0 Å². The van der Waals surface area contributed by atoms with E-state index in [4.69, 9.17) is 14.6 Å². The number of carboxylic acids is 1. The smallest absolute Gasteiger partial charge is 0.317 e. The fourth-order valence-corrected chi connectivity index (χ4v) is 3.11. The number of likely N-dealkylation sites (tertiary alicyclic amines) is 1. The van der Waals surface area contributed by atoms with Gasteiger partial charge in [-0.25, -0.2) is 4.79 Å². The number of rotatable bonds is 7. The van der Waals surface area contributed by atoms with Gasteiger partial charge in [-0.05, 0) is 29.7 Å². The van der Waals surface area contributed by atoms with Crippen LogP contribution in [-0.4, -0.2) is 42.2 Å². The van der Waals surface area contributed by atoms with Crippen molar-refractivity contribution in [3.05, 3.63) is 59.7 Å². The molecule has 2 aromatic carbocycles. The zero-order valence-corrected chi connectivity index (χ0v) is 15.8. The van der Waals surface area contributed by atoms with Crippen molar-refractivity contribution in [1.29, 1.82) is 0 Å². The fourth-order valence-electron chi connectivity index (χ4n) is 3.11. The second-order valence-electron chi connectivity index (χ2n) is 6.69. The lowest BCUT2D eigenvalue weighted by Crippen LogP contribution is -2.38. The summed E-state index contributed by atoms with van der Waals surface area (Å²) in [7, 11) is 1.57. The van der Waals surface area contributed by atoms with Gasteiger partial charge in [-0.1, -0.05) is 36.4 Å². The molecule has 1 atom stereocenters. The number of carbonyl (C=O) groups is 2. The zero-order chi connectivity index (χ0) is 19.9. The summed E-state index contributed by atoms with van der Waals surface area (Å²) in [6.45, 7) is 1.46. The van der Waals surface area contributed by atoms with Crippen LogP contribution in [0.3, 0.4) is 0 Å². The third-order valence-corrected chi connectivity index (χ3v) is 4.73. The summed E-state index contributed by atoms with van der Waals surface area (Å²) in [5.41, 5.74) is 1.93. The Labute approximate surface area is 163 Å². The van der Waals surface area contributed by atoms with E-state index >= 15 is 0 Å². The number of urea groups is 1. The SMILES string of the molecule is COc1cc(CNC(=O)N2CCC(C(=O)O)C2)ccc1OCc1ccccc1. The summed E-state index contributed by atoms with van der Waals surface area (Å²) in [6.07, 6.45) is 0.490. The quantitative estimate of drug-likeness (QED) is 0.766. The van der Waals surface area contributed by atoms with Crippen molar-refractivity contribution in [2.45, 2.75) is 19.6 Å². The van der Waals surface area contributed by atoms with Gasteiger partial charge in [-0.3, -0.25) is 4.79 Å². The monoisotopic (exact) mass is 384 g/mol. The molecule has 2 aromatic rings. The maximum absolute atomic E-state index is 12.2. The molecule has 1 saturated heterocycles. The maximum atomic E-state index is 12.2.